The van der Waals surface area contributed by atoms with Gasteiger partial charge in [0.2, 0.25) is 5.91 Å². The van der Waals surface area contributed by atoms with E-state index >= 15 is 0 Å². The molecule has 2 aromatic carbocycles. The number of likely N-dealkylation sites (tertiary alicyclic amines) is 1. The van der Waals surface area contributed by atoms with Gasteiger partial charge >= 0.3 is 0 Å². The van der Waals surface area contributed by atoms with Gasteiger partial charge in [0.05, 0.1) is 5.41 Å². The smallest absolute Gasteiger partial charge is 0.260 e. The third-order valence-corrected chi connectivity index (χ3v) is 5.38. The van der Waals surface area contributed by atoms with Gasteiger partial charge in [-0.1, -0.05) is 24.3 Å². The molecule has 0 aromatic heterocycles. The monoisotopic (exact) mass is 365 g/mol. The maximum atomic E-state index is 12.6. The first-order chi connectivity index (χ1) is 13.1. The van der Waals surface area contributed by atoms with Gasteiger partial charge in [0.1, 0.15) is 11.4 Å². The molecule has 1 N–H and O–H groups in total. The normalized spacial score (nSPS) is 17.3. The molecule has 0 saturated carbocycles. The molecule has 2 amide bonds. The highest BCUT2D eigenvalue weighted by Gasteiger charge is 2.48. The molecule has 0 radical (unpaired) electrons. The number of rotatable bonds is 4. The van der Waals surface area contributed by atoms with Crippen molar-refractivity contribution in [2.45, 2.75) is 18.3 Å². The Balaban J connectivity index is 1.38. The van der Waals surface area contributed by atoms with Crippen LogP contribution in [-0.2, 0) is 15.0 Å². The van der Waals surface area contributed by atoms with Gasteiger partial charge in [-0.05, 0) is 41.8 Å². The number of piperidine rings is 1. The van der Waals surface area contributed by atoms with Crippen LogP contribution in [0, 0.1) is 4.91 Å². The van der Waals surface area contributed by atoms with Gasteiger partial charge in [0.25, 0.3) is 5.91 Å². The highest BCUT2D eigenvalue weighted by molar-refractivity contribution is 6.06. The van der Waals surface area contributed by atoms with Crippen molar-refractivity contribution < 1.29 is 14.3 Å². The summed E-state index contributed by atoms with van der Waals surface area (Å²) in [5.74, 6) is 0.310. The molecule has 0 unspecified atom stereocenters. The summed E-state index contributed by atoms with van der Waals surface area (Å²) in [6.45, 7) is 0.887. The van der Waals surface area contributed by atoms with Crippen LogP contribution in [0.1, 0.15) is 18.4 Å². The molecule has 1 saturated heterocycles. The summed E-state index contributed by atoms with van der Waals surface area (Å²) >= 11 is 0. The molecule has 0 bridgehead atoms. The van der Waals surface area contributed by atoms with E-state index in [1.165, 1.54) is 6.07 Å². The van der Waals surface area contributed by atoms with E-state index in [9.17, 15) is 14.5 Å². The van der Waals surface area contributed by atoms with Gasteiger partial charge in [-0.25, -0.2) is 0 Å². The zero-order valence-electron chi connectivity index (χ0n) is 14.7. The Morgan fingerprint density at radius 3 is 2.70 bits per heavy atom. The molecular weight excluding hydrogens is 346 g/mol. The van der Waals surface area contributed by atoms with Crippen LogP contribution in [0.25, 0.3) is 0 Å². The second-order valence-electron chi connectivity index (χ2n) is 6.84. The summed E-state index contributed by atoms with van der Waals surface area (Å²) in [6, 6.07) is 14.1. The molecule has 7 nitrogen and oxygen atoms in total. The number of hydrogen-bond acceptors (Lipinski definition) is 5. The lowest BCUT2D eigenvalue weighted by Crippen LogP contribution is -2.49. The number of ether oxygens (including phenoxy) is 1. The van der Waals surface area contributed by atoms with Crippen LogP contribution < -0.4 is 10.1 Å². The Kier molecular flexibility index (Phi) is 4.35. The van der Waals surface area contributed by atoms with Gasteiger partial charge in [-0.2, -0.15) is 0 Å². The second-order valence-corrected chi connectivity index (χ2v) is 6.84. The molecule has 4 rings (SSSR count). The SMILES string of the molecule is O=Nc1cccc(OCC(=O)N2CCC3(CC2)C(=O)Nc2ccccc23)c1. The van der Waals surface area contributed by atoms with Crippen LogP contribution in [0.3, 0.4) is 0 Å². The number of anilines is 1. The highest BCUT2D eigenvalue weighted by atomic mass is 16.5. The average Bonchev–Trinajstić information content (AvgIpc) is 2.98. The summed E-state index contributed by atoms with van der Waals surface area (Å²) in [6.07, 6.45) is 1.18. The molecule has 1 fully saturated rings. The number of nitrogens with one attached hydrogen (secondary N) is 1. The Labute approximate surface area is 156 Å². The van der Waals surface area contributed by atoms with Crippen molar-refractivity contribution in [1.82, 2.24) is 4.90 Å². The molecule has 2 aromatic rings. The van der Waals surface area contributed by atoms with E-state index in [4.69, 9.17) is 4.74 Å². The number of carbonyl (C=O) groups excluding carboxylic acids is 2. The Bertz CT molecular complexity index is 904. The Hall–Kier alpha value is -3.22. The lowest BCUT2D eigenvalue weighted by molar-refractivity contribution is -0.137. The van der Waals surface area contributed by atoms with Gasteiger partial charge in [-0.15, -0.1) is 4.91 Å². The highest BCUT2D eigenvalue weighted by Crippen LogP contribution is 2.44. The zero-order valence-corrected chi connectivity index (χ0v) is 14.7. The van der Waals surface area contributed by atoms with Crippen molar-refractivity contribution in [3.8, 4) is 5.75 Å². The summed E-state index contributed by atoms with van der Waals surface area (Å²) in [7, 11) is 0. The number of para-hydroxylation sites is 1. The number of carbonyl (C=O) groups is 2. The molecule has 2 aliphatic rings. The van der Waals surface area contributed by atoms with E-state index in [1.54, 1.807) is 23.1 Å². The van der Waals surface area contributed by atoms with Crippen LogP contribution in [-0.4, -0.2) is 36.4 Å². The number of nitrogens with zero attached hydrogens (tertiary/aromatic N) is 2. The molecule has 138 valence electrons. The number of fused-ring (bicyclic) bond motifs is 2. The van der Waals surface area contributed by atoms with Crippen molar-refractivity contribution in [3.63, 3.8) is 0 Å². The third kappa shape index (κ3) is 3.05. The van der Waals surface area contributed by atoms with E-state index in [2.05, 4.69) is 10.5 Å². The largest absolute Gasteiger partial charge is 0.484 e. The minimum Gasteiger partial charge on any atom is -0.484 e. The van der Waals surface area contributed by atoms with Gasteiger partial charge in [0.15, 0.2) is 6.61 Å². The van der Waals surface area contributed by atoms with Crippen molar-refractivity contribution in [1.29, 1.82) is 0 Å². The van der Waals surface area contributed by atoms with Crippen molar-refractivity contribution >= 4 is 23.2 Å². The molecular formula is C20H19N3O4. The predicted molar refractivity (Wildman–Crippen MR) is 100.0 cm³/mol. The third-order valence-electron chi connectivity index (χ3n) is 5.38. The molecule has 7 heteroatoms. The number of hydrogen-bond donors (Lipinski definition) is 1. The molecule has 2 heterocycles. The lowest BCUT2D eigenvalue weighted by Gasteiger charge is -2.37. The number of amides is 2. The van der Waals surface area contributed by atoms with E-state index in [-0.39, 0.29) is 24.1 Å². The van der Waals surface area contributed by atoms with E-state index in [0.717, 1.165) is 11.3 Å². The molecule has 1 spiro atoms. The van der Waals surface area contributed by atoms with Gasteiger partial charge in [0, 0.05) is 24.8 Å². The van der Waals surface area contributed by atoms with Crippen molar-refractivity contribution in [2.24, 2.45) is 5.18 Å². The van der Waals surface area contributed by atoms with Gasteiger partial charge < -0.3 is 15.0 Å². The molecule has 2 aliphatic heterocycles. The Morgan fingerprint density at radius 1 is 1.15 bits per heavy atom. The maximum Gasteiger partial charge on any atom is 0.260 e. The number of benzene rings is 2. The van der Waals surface area contributed by atoms with Crippen molar-refractivity contribution in [3.05, 3.63) is 59.0 Å². The molecule has 0 aliphatic carbocycles. The summed E-state index contributed by atoms with van der Waals surface area (Å²) in [5, 5.41) is 5.81. The van der Waals surface area contributed by atoms with Crippen LogP contribution in [0.15, 0.2) is 53.7 Å². The maximum absolute atomic E-state index is 12.6. The fraction of sp³-hybridized carbons (Fsp3) is 0.300. The van der Waals surface area contributed by atoms with Crippen molar-refractivity contribution in [2.75, 3.05) is 25.0 Å². The standard InChI is InChI=1S/C20H19N3O4/c24-18(13-27-15-5-3-4-14(12-15)22-26)23-10-8-20(9-11-23)16-6-1-2-7-17(16)21-19(20)25/h1-7,12H,8-11,13H2,(H,21,25). The minimum atomic E-state index is -0.543. The zero-order chi connectivity index (χ0) is 18.9. The fourth-order valence-electron chi connectivity index (χ4n) is 3.87. The summed E-state index contributed by atoms with van der Waals surface area (Å²) in [5.41, 5.74) is 1.61. The van der Waals surface area contributed by atoms with E-state index < -0.39 is 5.41 Å². The Morgan fingerprint density at radius 2 is 1.93 bits per heavy atom. The fourth-order valence-corrected chi connectivity index (χ4v) is 3.87. The minimum absolute atomic E-state index is 0.0187. The first-order valence-electron chi connectivity index (χ1n) is 8.87. The average molecular weight is 365 g/mol. The second kappa shape index (κ2) is 6.83. The molecule has 27 heavy (non-hydrogen) atoms. The summed E-state index contributed by atoms with van der Waals surface area (Å²) < 4.78 is 5.49. The summed E-state index contributed by atoms with van der Waals surface area (Å²) in [4.78, 5) is 37.3. The topological polar surface area (TPSA) is 88.1 Å². The quantitative estimate of drug-likeness (QED) is 0.844. The first kappa shape index (κ1) is 17.2. The van der Waals surface area contributed by atoms with E-state index in [1.807, 2.05) is 24.3 Å². The number of nitroso groups, excluding NO2 is 1. The van der Waals surface area contributed by atoms with Crippen LogP contribution >= 0.6 is 0 Å². The lowest BCUT2D eigenvalue weighted by atomic mass is 9.73. The van der Waals surface area contributed by atoms with E-state index in [0.29, 0.717) is 31.7 Å². The van der Waals surface area contributed by atoms with Crippen LogP contribution in [0.4, 0.5) is 11.4 Å². The van der Waals surface area contributed by atoms with Crippen LogP contribution in [0.2, 0.25) is 0 Å². The first-order valence-corrected chi connectivity index (χ1v) is 8.87. The van der Waals surface area contributed by atoms with Gasteiger partial charge in [-0.3, -0.25) is 9.59 Å². The molecule has 0 atom stereocenters. The predicted octanol–water partition coefficient (Wildman–Crippen LogP) is 2.98. The van der Waals surface area contributed by atoms with Crippen LogP contribution in [0.5, 0.6) is 5.75 Å².